The zero-order valence-corrected chi connectivity index (χ0v) is 7.91. The number of rotatable bonds is 2. The van der Waals surface area contributed by atoms with Crippen LogP contribution < -0.4 is 0 Å². The van der Waals surface area contributed by atoms with Crippen molar-refractivity contribution in [2.75, 3.05) is 0 Å². The summed E-state index contributed by atoms with van der Waals surface area (Å²) in [5.41, 5.74) is 0.920. The summed E-state index contributed by atoms with van der Waals surface area (Å²) in [6, 6.07) is 3.76. The molecule has 13 heavy (non-hydrogen) atoms. The maximum Gasteiger partial charge on any atom is 0.166 e. The van der Waals surface area contributed by atoms with E-state index in [1.165, 1.54) is 11.8 Å². The highest BCUT2D eigenvalue weighted by molar-refractivity contribution is 7.99. The molecule has 0 aliphatic rings. The minimum absolute atomic E-state index is 0.837. The molecular formula is C9H8N2OS. The van der Waals surface area contributed by atoms with E-state index in [0.29, 0.717) is 0 Å². The van der Waals surface area contributed by atoms with Crippen molar-refractivity contribution in [3.8, 4) is 0 Å². The first-order chi connectivity index (χ1) is 6.36. The molecule has 0 aromatic carbocycles. The molecule has 2 heterocycles. The van der Waals surface area contributed by atoms with Crippen molar-refractivity contribution in [3.63, 3.8) is 0 Å². The number of furan rings is 1. The van der Waals surface area contributed by atoms with Gasteiger partial charge in [0.2, 0.25) is 0 Å². The Balaban J connectivity index is 2.24. The van der Waals surface area contributed by atoms with Gasteiger partial charge >= 0.3 is 0 Å². The lowest BCUT2D eigenvalue weighted by molar-refractivity contribution is 0.474. The fraction of sp³-hybridized carbons (Fsp3) is 0.111. The van der Waals surface area contributed by atoms with Crippen LogP contribution in [0, 0.1) is 6.92 Å². The van der Waals surface area contributed by atoms with Crippen LogP contribution in [0.2, 0.25) is 0 Å². The van der Waals surface area contributed by atoms with Crippen molar-refractivity contribution in [2.45, 2.75) is 17.0 Å². The maximum atomic E-state index is 5.19. The fourth-order valence-corrected chi connectivity index (χ4v) is 1.67. The number of nitrogens with zero attached hydrogens (tertiary/aromatic N) is 2. The van der Waals surface area contributed by atoms with Gasteiger partial charge in [0, 0.05) is 12.4 Å². The van der Waals surface area contributed by atoms with Gasteiger partial charge in [-0.15, -0.1) is 0 Å². The molecule has 0 aliphatic heterocycles. The van der Waals surface area contributed by atoms with E-state index < -0.39 is 0 Å². The average molecular weight is 192 g/mol. The third kappa shape index (κ3) is 1.89. The highest BCUT2D eigenvalue weighted by Gasteiger charge is 2.03. The fourth-order valence-electron chi connectivity index (χ4n) is 0.912. The van der Waals surface area contributed by atoms with Gasteiger partial charge in [0.1, 0.15) is 5.03 Å². The molecule has 2 aromatic heterocycles. The van der Waals surface area contributed by atoms with E-state index in [1.807, 2.05) is 19.1 Å². The van der Waals surface area contributed by atoms with Crippen LogP contribution in [-0.2, 0) is 0 Å². The smallest absolute Gasteiger partial charge is 0.166 e. The minimum Gasteiger partial charge on any atom is -0.458 e. The predicted octanol–water partition coefficient (Wildman–Crippen LogP) is 2.53. The molecule has 0 saturated carbocycles. The molecule has 0 saturated heterocycles. The quantitative estimate of drug-likeness (QED) is 0.733. The van der Waals surface area contributed by atoms with Gasteiger partial charge in [-0.2, -0.15) is 0 Å². The SMILES string of the molecule is Cc1nccnc1Sc1ccco1. The molecule has 3 nitrogen and oxygen atoms in total. The van der Waals surface area contributed by atoms with Crippen LogP contribution in [0.15, 0.2) is 45.3 Å². The van der Waals surface area contributed by atoms with Crippen LogP contribution in [-0.4, -0.2) is 9.97 Å². The second-order valence-electron chi connectivity index (χ2n) is 2.48. The van der Waals surface area contributed by atoms with Crippen LogP contribution in [0.25, 0.3) is 0 Å². The number of hydrogen-bond donors (Lipinski definition) is 0. The Hall–Kier alpha value is -1.29. The van der Waals surface area contributed by atoms with Crippen molar-refractivity contribution in [1.29, 1.82) is 0 Å². The molecule has 0 aliphatic carbocycles. The first kappa shape index (κ1) is 8.31. The second kappa shape index (κ2) is 3.62. The Bertz CT molecular complexity index is 386. The third-order valence-corrected chi connectivity index (χ3v) is 2.56. The number of aryl methyl sites for hydroxylation is 1. The van der Waals surface area contributed by atoms with Crippen LogP contribution in [0.3, 0.4) is 0 Å². The van der Waals surface area contributed by atoms with Crippen molar-refractivity contribution < 1.29 is 4.42 Å². The van der Waals surface area contributed by atoms with E-state index in [-0.39, 0.29) is 0 Å². The van der Waals surface area contributed by atoms with Crippen molar-refractivity contribution in [1.82, 2.24) is 9.97 Å². The molecule has 0 amide bonds. The van der Waals surface area contributed by atoms with E-state index in [4.69, 9.17) is 4.42 Å². The van der Waals surface area contributed by atoms with E-state index in [9.17, 15) is 0 Å². The number of aromatic nitrogens is 2. The van der Waals surface area contributed by atoms with Crippen molar-refractivity contribution >= 4 is 11.8 Å². The molecule has 0 bridgehead atoms. The van der Waals surface area contributed by atoms with Gasteiger partial charge in [-0.25, -0.2) is 4.98 Å². The molecular weight excluding hydrogens is 184 g/mol. The van der Waals surface area contributed by atoms with Gasteiger partial charge in [-0.05, 0) is 30.8 Å². The standard InChI is InChI=1S/C9H8N2OS/c1-7-9(11-5-4-10-7)13-8-3-2-6-12-8/h2-6H,1H3. The first-order valence-corrected chi connectivity index (χ1v) is 4.67. The topological polar surface area (TPSA) is 38.9 Å². The lowest BCUT2D eigenvalue weighted by atomic mass is 10.5. The summed E-state index contributed by atoms with van der Waals surface area (Å²) < 4.78 is 5.19. The summed E-state index contributed by atoms with van der Waals surface area (Å²) in [6.07, 6.45) is 5.01. The maximum absolute atomic E-state index is 5.19. The summed E-state index contributed by atoms with van der Waals surface area (Å²) >= 11 is 1.48. The average Bonchev–Trinajstić information content (AvgIpc) is 2.61. The first-order valence-electron chi connectivity index (χ1n) is 3.85. The summed E-state index contributed by atoms with van der Waals surface area (Å²) in [5, 5.41) is 1.72. The summed E-state index contributed by atoms with van der Waals surface area (Å²) in [5.74, 6) is 0. The molecule has 2 rings (SSSR count). The van der Waals surface area contributed by atoms with Gasteiger partial charge in [0.25, 0.3) is 0 Å². The summed E-state index contributed by atoms with van der Waals surface area (Å²) in [7, 11) is 0. The Morgan fingerprint density at radius 2 is 2.15 bits per heavy atom. The Labute approximate surface area is 80.2 Å². The molecule has 2 aromatic rings. The van der Waals surface area contributed by atoms with Crippen LogP contribution >= 0.6 is 11.8 Å². The molecule has 66 valence electrons. The zero-order valence-electron chi connectivity index (χ0n) is 7.10. The predicted molar refractivity (Wildman–Crippen MR) is 49.6 cm³/mol. The van der Waals surface area contributed by atoms with E-state index >= 15 is 0 Å². The van der Waals surface area contributed by atoms with Gasteiger partial charge in [0.15, 0.2) is 5.09 Å². The minimum atomic E-state index is 0.837. The Kier molecular flexibility index (Phi) is 2.31. The van der Waals surface area contributed by atoms with Crippen LogP contribution in [0.5, 0.6) is 0 Å². The normalized spacial score (nSPS) is 10.2. The molecule has 0 fully saturated rings. The van der Waals surface area contributed by atoms with Gasteiger partial charge in [-0.3, -0.25) is 4.98 Å². The summed E-state index contributed by atoms with van der Waals surface area (Å²) in [4.78, 5) is 8.33. The second-order valence-corrected chi connectivity index (χ2v) is 3.47. The largest absolute Gasteiger partial charge is 0.458 e. The molecule has 0 spiro atoms. The van der Waals surface area contributed by atoms with E-state index in [0.717, 1.165) is 15.8 Å². The zero-order chi connectivity index (χ0) is 9.10. The molecule has 0 unspecified atom stereocenters. The Morgan fingerprint density at radius 3 is 2.85 bits per heavy atom. The molecule has 4 heteroatoms. The van der Waals surface area contributed by atoms with Crippen molar-refractivity contribution in [2.24, 2.45) is 0 Å². The number of hydrogen-bond acceptors (Lipinski definition) is 4. The highest BCUT2D eigenvalue weighted by Crippen LogP contribution is 2.27. The molecule has 0 N–H and O–H groups in total. The van der Waals surface area contributed by atoms with E-state index in [2.05, 4.69) is 9.97 Å². The molecule has 0 atom stereocenters. The summed E-state index contributed by atoms with van der Waals surface area (Å²) in [6.45, 7) is 1.93. The van der Waals surface area contributed by atoms with Crippen molar-refractivity contribution in [3.05, 3.63) is 36.5 Å². The van der Waals surface area contributed by atoms with Crippen LogP contribution in [0.1, 0.15) is 5.69 Å². The van der Waals surface area contributed by atoms with E-state index in [1.54, 1.807) is 18.7 Å². The highest BCUT2D eigenvalue weighted by atomic mass is 32.2. The monoisotopic (exact) mass is 192 g/mol. The van der Waals surface area contributed by atoms with Gasteiger partial charge < -0.3 is 4.42 Å². The molecule has 0 radical (unpaired) electrons. The Morgan fingerprint density at radius 1 is 1.31 bits per heavy atom. The van der Waals surface area contributed by atoms with Gasteiger partial charge in [0.05, 0.1) is 12.0 Å². The lowest BCUT2D eigenvalue weighted by Gasteiger charge is -1.98. The van der Waals surface area contributed by atoms with Gasteiger partial charge in [-0.1, -0.05) is 0 Å². The lowest BCUT2D eigenvalue weighted by Crippen LogP contribution is -1.87. The third-order valence-electron chi connectivity index (χ3n) is 1.53. The van der Waals surface area contributed by atoms with Crippen LogP contribution in [0.4, 0.5) is 0 Å².